The van der Waals surface area contributed by atoms with Crippen LogP contribution in [0.5, 0.6) is 0 Å². The molecule has 9 heteroatoms. The fourth-order valence-corrected chi connectivity index (χ4v) is 4.12. The van der Waals surface area contributed by atoms with Gasteiger partial charge in [-0.25, -0.2) is 9.59 Å². The molecule has 0 spiro atoms. The van der Waals surface area contributed by atoms with Crippen LogP contribution in [0.2, 0.25) is 0 Å². The van der Waals surface area contributed by atoms with Crippen molar-refractivity contribution >= 4 is 5.97 Å². The molecule has 2 aromatic carbocycles. The van der Waals surface area contributed by atoms with Crippen molar-refractivity contribution in [2.45, 2.75) is 44.5 Å². The van der Waals surface area contributed by atoms with Gasteiger partial charge in [0.2, 0.25) is 5.60 Å². The molecule has 3 atom stereocenters. The molecule has 1 saturated heterocycles. The molecule has 4 rings (SSSR count). The van der Waals surface area contributed by atoms with E-state index in [0.717, 1.165) is 11.1 Å². The maximum absolute atomic E-state index is 13.1. The summed E-state index contributed by atoms with van der Waals surface area (Å²) in [5, 5.41) is 0. The summed E-state index contributed by atoms with van der Waals surface area (Å²) in [6.45, 7) is 1.90. The molecular formula is C26H28N2O7. The molecule has 2 heterocycles. The molecule has 0 aliphatic carbocycles. The SMILES string of the molecule is COC(=O)[C@]1(COCc2ccccc2)O[C@@H](n2cc(C)c(=O)[nH]c2=O)C[C@@H]1OCc1ccccc1. The molecule has 35 heavy (non-hydrogen) atoms. The minimum Gasteiger partial charge on any atom is -0.467 e. The van der Waals surface area contributed by atoms with Crippen LogP contribution in [-0.2, 0) is 37.0 Å². The fourth-order valence-electron chi connectivity index (χ4n) is 4.12. The molecule has 0 bridgehead atoms. The first kappa shape index (κ1) is 24.6. The van der Waals surface area contributed by atoms with Crippen molar-refractivity contribution in [1.29, 1.82) is 0 Å². The lowest BCUT2D eigenvalue weighted by molar-refractivity contribution is -0.197. The number of carbonyl (C=O) groups is 1. The highest BCUT2D eigenvalue weighted by Crippen LogP contribution is 2.40. The zero-order chi connectivity index (χ0) is 24.8. The first-order chi connectivity index (χ1) is 16.9. The molecule has 184 valence electrons. The third-order valence-electron chi connectivity index (χ3n) is 5.99. The Morgan fingerprint density at radius 3 is 2.31 bits per heavy atom. The first-order valence-electron chi connectivity index (χ1n) is 11.3. The van der Waals surface area contributed by atoms with E-state index in [2.05, 4.69) is 4.98 Å². The minimum absolute atomic E-state index is 0.151. The number of ether oxygens (including phenoxy) is 4. The number of nitrogens with one attached hydrogen (secondary N) is 1. The largest absolute Gasteiger partial charge is 0.467 e. The van der Waals surface area contributed by atoms with E-state index < -0.39 is 35.2 Å². The summed E-state index contributed by atoms with van der Waals surface area (Å²) in [4.78, 5) is 39.8. The number of aromatic amines is 1. The van der Waals surface area contributed by atoms with Crippen LogP contribution in [0.1, 0.15) is 29.3 Å². The number of nitrogens with zero attached hydrogens (tertiary/aromatic N) is 1. The summed E-state index contributed by atoms with van der Waals surface area (Å²) in [5.41, 5.74) is -0.559. The number of benzene rings is 2. The average molecular weight is 481 g/mol. The van der Waals surface area contributed by atoms with Crippen LogP contribution in [-0.4, -0.2) is 40.9 Å². The van der Waals surface area contributed by atoms with Crippen molar-refractivity contribution in [2.75, 3.05) is 13.7 Å². The van der Waals surface area contributed by atoms with E-state index in [-0.39, 0.29) is 26.2 Å². The van der Waals surface area contributed by atoms with Gasteiger partial charge in [-0.05, 0) is 18.1 Å². The van der Waals surface area contributed by atoms with Gasteiger partial charge in [-0.1, -0.05) is 60.7 Å². The van der Waals surface area contributed by atoms with Gasteiger partial charge in [0.15, 0.2) is 0 Å². The summed E-state index contributed by atoms with van der Waals surface area (Å²) in [7, 11) is 1.27. The van der Waals surface area contributed by atoms with Gasteiger partial charge in [-0.3, -0.25) is 14.3 Å². The number of methoxy groups -OCH3 is 1. The standard InChI is InChI=1S/C26H28N2O7/c1-18-14-28(25(31)27-23(18)29)22-13-21(34-16-20-11-7-4-8-12-20)26(35-22,24(30)32-2)17-33-15-19-9-5-3-6-10-19/h3-12,14,21-22H,13,15-17H2,1-2H3,(H,27,29,31)/t21-,22+,26+/m0/s1. The van der Waals surface area contributed by atoms with Gasteiger partial charge in [0.1, 0.15) is 12.3 Å². The minimum atomic E-state index is -1.62. The summed E-state index contributed by atoms with van der Waals surface area (Å²) < 4.78 is 24.7. The average Bonchev–Trinajstić information content (AvgIpc) is 3.25. The Morgan fingerprint density at radius 2 is 1.69 bits per heavy atom. The lowest BCUT2D eigenvalue weighted by Gasteiger charge is -2.31. The number of hydrogen-bond donors (Lipinski definition) is 1. The van der Waals surface area contributed by atoms with Gasteiger partial charge in [0.05, 0.1) is 26.9 Å². The van der Waals surface area contributed by atoms with Crippen LogP contribution in [0, 0.1) is 6.92 Å². The van der Waals surface area contributed by atoms with Crippen molar-refractivity contribution in [3.05, 3.63) is 104 Å². The molecule has 1 aromatic heterocycles. The van der Waals surface area contributed by atoms with E-state index in [1.165, 1.54) is 17.9 Å². The van der Waals surface area contributed by atoms with Crippen LogP contribution in [0.3, 0.4) is 0 Å². The second-order valence-electron chi connectivity index (χ2n) is 8.43. The number of H-pyrrole nitrogens is 1. The second-order valence-corrected chi connectivity index (χ2v) is 8.43. The van der Waals surface area contributed by atoms with Crippen molar-refractivity contribution in [3.8, 4) is 0 Å². The molecule has 1 N–H and O–H groups in total. The van der Waals surface area contributed by atoms with Gasteiger partial charge in [-0.15, -0.1) is 0 Å². The fraction of sp³-hybridized carbons (Fsp3) is 0.346. The lowest BCUT2D eigenvalue weighted by Crippen LogP contribution is -2.53. The zero-order valence-electron chi connectivity index (χ0n) is 19.6. The van der Waals surface area contributed by atoms with Crippen molar-refractivity contribution in [2.24, 2.45) is 0 Å². The van der Waals surface area contributed by atoms with Crippen molar-refractivity contribution in [1.82, 2.24) is 9.55 Å². The summed E-state index contributed by atoms with van der Waals surface area (Å²) in [6, 6.07) is 19.0. The third-order valence-corrected chi connectivity index (χ3v) is 5.99. The van der Waals surface area contributed by atoms with Gasteiger partial charge in [-0.2, -0.15) is 0 Å². The van der Waals surface area contributed by atoms with E-state index >= 15 is 0 Å². The number of hydrogen-bond acceptors (Lipinski definition) is 7. The Labute approximate surface area is 202 Å². The zero-order valence-corrected chi connectivity index (χ0v) is 19.6. The molecule has 3 aromatic rings. The predicted octanol–water partition coefficient (Wildman–Crippen LogP) is 2.48. The monoisotopic (exact) mass is 480 g/mol. The number of esters is 1. The smallest absolute Gasteiger partial charge is 0.343 e. The highest BCUT2D eigenvalue weighted by atomic mass is 16.6. The maximum atomic E-state index is 13.1. The Morgan fingerprint density at radius 1 is 1.06 bits per heavy atom. The van der Waals surface area contributed by atoms with Crippen LogP contribution in [0.25, 0.3) is 0 Å². The summed E-state index contributed by atoms with van der Waals surface area (Å²) >= 11 is 0. The van der Waals surface area contributed by atoms with Crippen LogP contribution >= 0.6 is 0 Å². The quantitative estimate of drug-likeness (QED) is 0.469. The molecule has 0 amide bonds. The molecule has 1 fully saturated rings. The normalized spacial score (nSPS) is 21.7. The predicted molar refractivity (Wildman–Crippen MR) is 127 cm³/mol. The molecular weight excluding hydrogens is 452 g/mol. The van der Waals surface area contributed by atoms with E-state index in [9.17, 15) is 14.4 Å². The van der Waals surface area contributed by atoms with Gasteiger partial charge >= 0.3 is 11.7 Å². The van der Waals surface area contributed by atoms with Gasteiger partial charge < -0.3 is 18.9 Å². The van der Waals surface area contributed by atoms with E-state index in [0.29, 0.717) is 5.56 Å². The molecule has 0 unspecified atom stereocenters. The Bertz CT molecular complexity index is 1260. The number of rotatable bonds is 9. The molecule has 1 aliphatic rings. The maximum Gasteiger partial charge on any atom is 0.343 e. The van der Waals surface area contributed by atoms with E-state index in [4.69, 9.17) is 18.9 Å². The van der Waals surface area contributed by atoms with E-state index in [1.54, 1.807) is 6.92 Å². The topological polar surface area (TPSA) is 109 Å². The highest BCUT2D eigenvalue weighted by Gasteiger charge is 2.57. The molecule has 0 radical (unpaired) electrons. The second kappa shape index (κ2) is 10.8. The summed E-state index contributed by atoms with van der Waals surface area (Å²) in [6.07, 6.45) is -0.0753. The van der Waals surface area contributed by atoms with Crippen molar-refractivity contribution in [3.63, 3.8) is 0 Å². The number of aryl methyl sites for hydroxylation is 1. The van der Waals surface area contributed by atoms with Gasteiger partial charge in [0, 0.05) is 18.2 Å². The summed E-state index contributed by atoms with van der Waals surface area (Å²) in [5.74, 6) is -0.666. The molecule has 0 saturated carbocycles. The molecule has 1 aliphatic heterocycles. The van der Waals surface area contributed by atoms with E-state index in [1.807, 2.05) is 60.7 Å². The van der Waals surface area contributed by atoms with Crippen LogP contribution in [0.4, 0.5) is 0 Å². The van der Waals surface area contributed by atoms with Crippen molar-refractivity contribution < 1.29 is 23.7 Å². The Balaban J connectivity index is 1.64. The third kappa shape index (κ3) is 5.43. The van der Waals surface area contributed by atoms with Crippen LogP contribution < -0.4 is 11.2 Å². The van der Waals surface area contributed by atoms with Crippen LogP contribution in [0.15, 0.2) is 76.4 Å². The number of aromatic nitrogens is 2. The first-order valence-corrected chi connectivity index (χ1v) is 11.3. The highest BCUT2D eigenvalue weighted by molar-refractivity contribution is 5.81. The number of carbonyl (C=O) groups excluding carboxylic acids is 1. The lowest BCUT2D eigenvalue weighted by atomic mass is 9.97. The Hall–Kier alpha value is -3.53. The molecule has 9 nitrogen and oxygen atoms in total. The Kier molecular flexibility index (Phi) is 7.60. The van der Waals surface area contributed by atoms with Gasteiger partial charge in [0.25, 0.3) is 5.56 Å².